The quantitative estimate of drug-likeness (QED) is 0.833. The van der Waals surface area contributed by atoms with Crippen LogP contribution in [-0.4, -0.2) is 29.8 Å². The van der Waals surface area contributed by atoms with Gasteiger partial charge in [-0.05, 0) is 56.3 Å². The third kappa shape index (κ3) is 4.28. The largest absolute Gasteiger partial charge is 0.339 e. The molecule has 0 bridgehead atoms. The van der Waals surface area contributed by atoms with Gasteiger partial charge in [0.05, 0.1) is 10.0 Å². The van der Waals surface area contributed by atoms with Crippen molar-refractivity contribution in [2.45, 2.75) is 13.8 Å². The number of nitrogens with zero attached hydrogens (tertiary/aromatic N) is 1. The lowest BCUT2D eigenvalue weighted by atomic mass is 10.1. The lowest BCUT2D eigenvalue weighted by molar-refractivity contribution is 0.0772. The van der Waals surface area contributed by atoms with Crippen molar-refractivity contribution >= 4 is 40.7 Å². The van der Waals surface area contributed by atoms with Crippen molar-refractivity contribution in [2.24, 2.45) is 0 Å². The van der Waals surface area contributed by atoms with E-state index in [1.54, 1.807) is 47.4 Å². The number of carbonyl (C=O) groups excluding carboxylic acids is 2. The van der Waals surface area contributed by atoms with Gasteiger partial charge in [-0.1, -0.05) is 23.2 Å². The molecule has 24 heavy (non-hydrogen) atoms. The van der Waals surface area contributed by atoms with E-state index in [2.05, 4.69) is 5.32 Å². The summed E-state index contributed by atoms with van der Waals surface area (Å²) in [5.74, 6) is -0.327. The Morgan fingerprint density at radius 3 is 2.04 bits per heavy atom. The summed E-state index contributed by atoms with van der Waals surface area (Å²) in [5.41, 5.74) is 1.57. The normalized spacial score (nSPS) is 10.3. The van der Waals surface area contributed by atoms with Crippen LogP contribution in [0.25, 0.3) is 0 Å². The summed E-state index contributed by atoms with van der Waals surface area (Å²) in [6.07, 6.45) is 0. The first-order valence-corrected chi connectivity index (χ1v) is 8.37. The molecule has 2 amide bonds. The van der Waals surface area contributed by atoms with Gasteiger partial charge in [-0.3, -0.25) is 9.59 Å². The Morgan fingerprint density at radius 1 is 0.917 bits per heavy atom. The van der Waals surface area contributed by atoms with Crippen LogP contribution in [0.15, 0.2) is 42.5 Å². The Bertz CT molecular complexity index is 741. The maximum Gasteiger partial charge on any atom is 0.255 e. The molecular formula is C18H18Cl2N2O2. The minimum absolute atomic E-state index is 0.0450. The summed E-state index contributed by atoms with van der Waals surface area (Å²) in [5, 5.41) is 3.54. The maximum atomic E-state index is 12.3. The van der Waals surface area contributed by atoms with E-state index >= 15 is 0 Å². The summed E-state index contributed by atoms with van der Waals surface area (Å²) in [7, 11) is 0. The van der Waals surface area contributed by atoms with Crippen LogP contribution in [0.2, 0.25) is 10.0 Å². The van der Waals surface area contributed by atoms with Crippen LogP contribution in [-0.2, 0) is 0 Å². The fourth-order valence-electron chi connectivity index (χ4n) is 2.23. The Kier molecular flexibility index (Phi) is 6.23. The molecule has 0 unspecified atom stereocenters. The van der Waals surface area contributed by atoms with Crippen LogP contribution in [0, 0.1) is 0 Å². The number of halogens is 2. The van der Waals surface area contributed by atoms with E-state index in [-0.39, 0.29) is 11.8 Å². The topological polar surface area (TPSA) is 49.4 Å². The Morgan fingerprint density at radius 2 is 1.50 bits per heavy atom. The van der Waals surface area contributed by atoms with Crippen molar-refractivity contribution in [3.05, 3.63) is 63.6 Å². The number of nitrogens with one attached hydrogen (secondary N) is 1. The molecule has 0 aliphatic rings. The second kappa shape index (κ2) is 8.18. The van der Waals surface area contributed by atoms with Crippen LogP contribution >= 0.6 is 23.2 Å². The minimum Gasteiger partial charge on any atom is -0.339 e. The van der Waals surface area contributed by atoms with Crippen molar-refractivity contribution in [2.75, 3.05) is 18.4 Å². The van der Waals surface area contributed by atoms with Gasteiger partial charge < -0.3 is 10.2 Å². The van der Waals surface area contributed by atoms with Crippen molar-refractivity contribution in [1.82, 2.24) is 4.90 Å². The second-order valence-corrected chi connectivity index (χ2v) is 5.95. The maximum absolute atomic E-state index is 12.3. The van der Waals surface area contributed by atoms with E-state index in [4.69, 9.17) is 23.2 Å². The lowest BCUT2D eigenvalue weighted by Crippen LogP contribution is -2.30. The molecule has 1 N–H and O–H groups in total. The first-order valence-electron chi connectivity index (χ1n) is 7.62. The molecule has 0 radical (unpaired) electrons. The molecule has 0 fully saturated rings. The van der Waals surface area contributed by atoms with E-state index < -0.39 is 0 Å². The van der Waals surface area contributed by atoms with Crippen LogP contribution in [0.4, 0.5) is 5.69 Å². The SMILES string of the molecule is CCN(CC)C(=O)c1ccc(C(=O)Nc2ccc(Cl)c(Cl)c2)cc1. The molecule has 2 aromatic rings. The number of amides is 2. The molecule has 4 nitrogen and oxygen atoms in total. The van der Waals surface area contributed by atoms with Gasteiger partial charge in [0.2, 0.25) is 0 Å². The Balaban J connectivity index is 2.11. The molecule has 126 valence electrons. The standard InChI is InChI=1S/C18H18Cl2N2O2/c1-3-22(4-2)18(24)13-7-5-12(6-8-13)17(23)21-14-9-10-15(19)16(20)11-14/h5-11H,3-4H2,1-2H3,(H,21,23). The first kappa shape index (κ1) is 18.3. The van der Waals surface area contributed by atoms with E-state index in [0.717, 1.165) is 0 Å². The third-order valence-electron chi connectivity index (χ3n) is 3.62. The monoisotopic (exact) mass is 364 g/mol. The molecule has 0 heterocycles. The molecule has 6 heteroatoms. The zero-order valence-electron chi connectivity index (χ0n) is 13.5. The van der Waals surface area contributed by atoms with E-state index in [1.165, 1.54) is 0 Å². The predicted octanol–water partition coefficient (Wildman–Crippen LogP) is 4.73. The number of anilines is 1. The van der Waals surface area contributed by atoms with Gasteiger partial charge in [-0.2, -0.15) is 0 Å². The highest BCUT2D eigenvalue weighted by molar-refractivity contribution is 6.42. The van der Waals surface area contributed by atoms with E-state index in [1.807, 2.05) is 13.8 Å². The van der Waals surface area contributed by atoms with Crippen LogP contribution in [0.1, 0.15) is 34.6 Å². The van der Waals surface area contributed by atoms with Gasteiger partial charge in [0, 0.05) is 29.9 Å². The van der Waals surface area contributed by atoms with Gasteiger partial charge in [0.25, 0.3) is 11.8 Å². The fourth-order valence-corrected chi connectivity index (χ4v) is 2.53. The van der Waals surface area contributed by atoms with Crippen LogP contribution in [0.5, 0.6) is 0 Å². The Hall–Kier alpha value is -2.04. The Labute approximate surface area is 151 Å². The van der Waals surface area contributed by atoms with Crippen molar-refractivity contribution in [1.29, 1.82) is 0 Å². The zero-order chi connectivity index (χ0) is 17.7. The highest BCUT2D eigenvalue weighted by atomic mass is 35.5. The first-order chi connectivity index (χ1) is 11.5. The summed E-state index contributed by atoms with van der Waals surface area (Å²) in [4.78, 5) is 26.2. The molecule has 0 aromatic heterocycles. The minimum atomic E-state index is -0.282. The molecule has 0 saturated heterocycles. The molecule has 0 aliphatic heterocycles. The summed E-state index contributed by atoms with van der Waals surface area (Å²) in [6, 6.07) is 11.4. The summed E-state index contributed by atoms with van der Waals surface area (Å²) in [6.45, 7) is 5.16. The van der Waals surface area contributed by atoms with E-state index in [0.29, 0.717) is 39.9 Å². The molecule has 0 spiro atoms. The highest BCUT2D eigenvalue weighted by Gasteiger charge is 2.13. The number of hydrogen-bond acceptors (Lipinski definition) is 2. The number of hydrogen-bond donors (Lipinski definition) is 1. The fraction of sp³-hybridized carbons (Fsp3) is 0.222. The van der Waals surface area contributed by atoms with Crippen molar-refractivity contribution in [3.8, 4) is 0 Å². The molecular weight excluding hydrogens is 347 g/mol. The highest BCUT2D eigenvalue weighted by Crippen LogP contribution is 2.25. The van der Waals surface area contributed by atoms with Crippen LogP contribution < -0.4 is 5.32 Å². The second-order valence-electron chi connectivity index (χ2n) is 5.14. The predicted molar refractivity (Wildman–Crippen MR) is 98.1 cm³/mol. The molecule has 2 aromatic carbocycles. The smallest absolute Gasteiger partial charge is 0.255 e. The van der Waals surface area contributed by atoms with E-state index in [9.17, 15) is 9.59 Å². The van der Waals surface area contributed by atoms with Gasteiger partial charge in [0.15, 0.2) is 0 Å². The number of carbonyl (C=O) groups is 2. The summed E-state index contributed by atoms with van der Waals surface area (Å²) < 4.78 is 0. The van der Waals surface area contributed by atoms with Gasteiger partial charge in [-0.25, -0.2) is 0 Å². The lowest BCUT2D eigenvalue weighted by Gasteiger charge is -2.18. The number of benzene rings is 2. The average Bonchev–Trinajstić information content (AvgIpc) is 2.59. The summed E-state index contributed by atoms with van der Waals surface area (Å²) >= 11 is 11.8. The molecule has 0 aliphatic carbocycles. The van der Waals surface area contributed by atoms with Crippen LogP contribution in [0.3, 0.4) is 0 Å². The van der Waals surface area contributed by atoms with Crippen molar-refractivity contribution in [3.63, 3.8) is 0 Å². The van der Waals surface area contributed by atoms with Crippen molar-refractivity contribution < 1.29 is 9.59 Å². The molecule has 0 atom stereocenters. The molecule has 2 rings (SSSR count). The number of rotatable bonds is 5. The zero-order valence-corrected chi connectivity index (χ0v) is 15.0. The van der Waals surface area contributed by atoms with Gasteiger partial charge >= 0.3 is 0 Å². The third-order valence-corrected chi connectivity index (χ3v) is 4.36. The van der Waals surface area contributed by atoms with Gasteiger partial charge in [0.1, 0.15) is 0 Å². The molecule has 0 saturated carbocycles. The van der Waals surface area contributed by atoms with Gasteiger partial charge in [-0.15, -0.1) is 0 Å². The average molecular weight is 365 g/mol.